The largest absolute Gasteiger partial charge is 0.253 e. The van der Waals surface area contributed by atoms with Gasteiger partial charge in [0, 0.05) is 5.75 Å². The fourth-order valence-electron chi connectivity index (χ4n) is 1.04. The quantitative estimate of drug-likeness (QED) is 0.792. The molecule has 4 nitrogen and oxygen atoms in total. The second kappa shape index (κ2) is 4.31. The number of hydrogen-bond acceptors (Lipinski definition) is 3. The Morgan fingerprint density at radius 1 is 1.57 bits per heavy atom. The molecule has 0 aliphatic carbocycles. The SMILES string of the molecule is CCS(=O)(=O)CCn1nc(C)cc1Cl. The Kier molecular flexibility index (Phi) is 3.55. The van der Waals surface area contributed by atoms with Crippen molar-refractivity contribution in [1.29, 1.82) is 0 Å². The van der Waals surface area contributed by atoms with Crippen LogP contribution in [0, 0.1) is 6.92 Å². The van der Waals surface area contributed by atoms with Crippen LogP contribution < -0.4 is 0 Å². The van der Waals surface area contributed by atoms with Crippen LogP contribution in [0.25, 0.3) is 0 Å². The molecule has 0 fully saturated rings. The smallest absolute Gasteiger partial charge is 0.151 e. The van der Waals surface area contributed by atoms with Gasteiger partial charge in [-0.3, -0.25) is 4.68 Å². The van der Waals surface area contributed by atoms with Crippen LogP contribution in [0.4, 0.5) is 0 Å². The summed E-state index contributed by atoms with van der Waals surface area (Å²) in [6, 6.07) is 1.71. The van der Waals surface area contributed by atoms with E-state index >= 15 is 0 Å². The van der Waals surface area contributed by atoms with Gasteiger partial charge in [-0.1, -0.05) is 18.5 Å². The third-order valence-corrected chi connectivity index (χ3v) is 3.90. The lowest BCUT2D eigenvalue weighted by atomic mass is 10.5. The molecule has 14 heavy (non-hydrogen) atoms. The van der Waals surface area contributed by atoms with Crippen LogP contribution in [0.3, 0.4) is 0 Å². The summed E-state index contributed by atoms with van der Waals surface area (Å²) in [6.45, 7) is 3.77. The molecule has 0 unspecified atom stereocenters. The fraction of sp³-hybridized carbons (Fsp3) is 0.625. The zero-order chi connectivity index (χ0) is 10.8. The van der Waals surface area contributed by atoms with Gasteiger partial charge in [0.15, 0.2) is 9.84 Å². The first kappa shape index (κ1) is 11.5. The zero-order valence-electron chi connectivity index (χ0n) is 8.20. The first-order valence-electron chi connectivity index (χ1n) is 4.35. The van der Waals surface area contributed by atoms with Crippen molar-refractivity contribution in [3.05, 3.63) is 16.9 Å². The number of nitrogens with zero attached hydrogens (tertiary/aromatic N) is 2. The van der Waals surface area contributed by atoms with E-state index in [2.05, 4.69) is 5.10 Å². The van der Waals surface area contributed by atoms with Crippen LogP contribution in [0.5, 0.6) is 0 Å². The molecule has 0 N–H and O–H groups in total. The molecule has 0 saturated carbocycles. The second-order valence-corrected chi connectivity index (χ2v) is 5.93. The Bertz CT molecular complexity index is 411. The Morgan fingerprint density at radius 2 is 2.21 bits per heavy atom. The summed E-state index contributed by atoms with van der Waals surface area (Å²) in [7, 11) is -2.94. The van der Waals surface area contributed by atoms with Crippen LogP contribution in [0.2, 0.25) is 5.15 Å². The molecule has 0 spiro atoms. The average molecular weight is 237 g/mol. The third kappa shape index (κ3) is 2.99. The first-order valence-corrected chi connectivity index (χ1v) is 6.55. The molecule has 0 bridgehead atoms. The fourth-order valence-corrected chi connectivity index (χ4v) is 2.06. The summed E-state index contributed by atoms with van der Waals surface area (Å²) in [6.07, 6.45) is 0. The summed E-state index contributed by atoms with van der Waals surface area (Å²) in [5.74, 6) is 0.245. The lowest BCUT2D eigenvalue weighted by Crippen LogP contribution is -2.15. The molecular weight excluding hydrogens is 224 g/mol. The van der Waals surface area contributed by atoms with Crippen molar-refractivity contribution in [2.75, 3.05) is 11.5 Å². The summed E-state index contributed by atoms with van der Waals surface area (Å²) >= 11 is 5.82. The molecular formula is C8H13ClN2O2S. The van der Waals surface area contributed by atoms with E-state index < -0.39 is 9.84 Å². The van der Waals surface area contributed by atoms with Gasteiger partial charge in [-0.2, -0.15) is 5.10 Å². The molecule has 0 aromatic carbocycles. The van der Waals surface area contributed by atoms with Crippen molar-refractivity contribution in [3.63, 3.8) is 0 Å². The Labute approximate surface area is 88.8 Å². The molecule has 0 aliphatic rings. The minimum Gasteiger partial charge on any atom is -0.253 e. The van der Waals surface area contributed by atoms with Crippen molar-refractivity contribution in [3.8, 4) is 0 Å². The molecule has 0 aliphatic heterocycles. The number of sulfone groups is 1. The molecule has 1 aromatic rings. The molecule has 1 rings (SSSR count). The minimum atomic E-state index is -2.94. The Balaban J connectivity index is 2.67. The molecule has 0 radical (unpaired) electrons. The van der Waals surface area contributed by atoms with E-state index in [1.54, 1.807) is 13.0 Å². The summed E-state index contributed by atoms with van der Waals surface area (Å²) in [4.78, 5) is 0. The molecule has 0 amide bonds. The van der Waals surface area contributed by atoms with Crippen LogP contribution in [-0.2, 0) is 16.4 Å². The molecule has 0 atom stereocenters. The Morgan fingerprint density at radius 3 is 2.64 bits per heavy atom. The van der Waals surface area contributed by atoms with Crippen molar-refractivity contribution in [2.45, 2.75) is 20.4 Å². The maximum absolute atomic E-state index is 11.2. The molecule has 0 saturated heterocycles. The standard InChI is InChI=1S/C8H13ClN2O2S/c1-3-14(12,13)5-4-11-8(9)6-7(2)10-11/h6H,3-5H2,1-2H3. The van der Waals surface area contributed by atoms with Gasteiger partial charge >= 0.3 is 0 Å². The predicted molar refractivity (Wildman–Crippen MR) is 56.3 cm³/mol. The van der Waals surface area contributed by atoms with Crippen molar-refractivity contribution < 1.29 is 8.42 Å². The van der Waals surface area contributed by atoms with E-state index in [1.807, 2.05) is 6.92 Å². The van der Waals surface area contributed by atoms with Gasteiger partial charge in [0.1, 0.15) is 5.15 Å². The van der Waals surface area contributed by atoms with Gasteiger partial charge in [-0.25, -0.2) is 8.42 Å². The van der Waals surface area contributed by atoms with Gasteiger partial charge in [-0.05, 0) is 13.0 Å². The van der Waals surface area contributed by atoms with Crippen LogP contribution in [0.1, 0.15) is 12.6 Å². The van der Waals surface area contributed by atoms with Crippen molar-refractivity contribution in [2.24, 2.45) is 0 Å². The van der Waals surface area contributed by atoms with E-state index in [0.717, 1.165) is 5.69 Å². The highest BCUT2D eigenvalue weighted by Crippen LogP contribution is 2.10. The third-order valence-electron chi connectivity index (χ3n) is 1.91. The first-order chi connectivity index (χ1) is 6.44. The average Bonchev–Trinajstić information content (AvgIpc) is 2.42. The van der Waals surface area contributed by atoms with E-state index in [0.29, 0.717) is 11.7 Å². The highest BCUT2D eigenvalue weighted by molar-refractivity contribution is 7.91. The lowest BCUT2D eigenvalue weighted by molar-refractivity contribution is 0.581. The maximum Gasteiger partial charge on any atom is 0.151 e. The molecule has 80 valence electrons. The lowest BCUT2D eigenvalue weighted by Gasteiger charge is -2.02. The molecule has 1 aromatic heterocycles. The van der Waals surface area contributed by atoms with Crippen LogP contribution in [0.15, 0.2) is 6.07 Å². The summed E-state index contributed by atoms with van der Waals surface area (Å²) < 4.78 is 23.9. The summed E-state index contributed by atoms with van der Waals surface area (Å²) in [5, 5.41) is 4.55. The molecule has 1 heterocycles. The maximum atomic E-state index is 11.2. The van der Waals surface area contributed by atoms with Crippen molar-refractivity contribution in [1.82, 2.24) is 9.78 Å². The number of hydrogen-bond donors (Lipinski definition) is 0. The number of aryl methyl sites for hydroxylation is 2. The number of halogens is 1. The van der Waals surface area contributed by atoms with E-state index in [4.69, 9.17) is 11.6 Å². The zero-order valence-corrected chi connectivity index (χ0v) is 9.77. The van der Waals surface area contributed by atoms with Crippen LogP contribution >= 0.6 is 11.6 Å². The number of rotatable bonds is 4. The minimum absolute atomic E-state index is 0.0876. The van der Waals surface area contributed by atoms with Crippen molar-refractivity contribution >= 4 is 21.4 Å². The normalized spacial score (nSPS) is 11.9. The topological polar surface area (TPSA) is 52.0 Å². The number of aromatic nitrogens is 2. The van der Waals surface area contributed by atoms with E-state index in [1.165, 1.54) is 4.68 Å². The van der Waals surface area contributed by atoms with Gasteiger partial charge in [-0.15, -0.1) is 0 Å². The van der Waals surface area contributed by atoms with Gasteiger partial charge in [0.05, 0.1) is 18.0 Å². The van der Waals surface area contributed by atoms with Gasteiger partial charge in [0.25, 0.3) is 0 Å². The molecule has 6 heteroatoms. The van der Waals surface area contributed by atoms with Gasteiger partial charge in [0.2, 0.25) is 0 Å². The Hall–Kier alpha value is -0.550. The van der Waals surface area contributed by atoms with Crippen LogP contribution in [-0.4, -0.2) is 29.7 Å². The van der Waals surface area contributed by atoms with Gasteiger partial charge < -0.3 is 0 Å². The monoisotopic (exact) mass is 236 g/mol. The second-order valence-electron chi connectivity index (χ2n) is 3.07. The highest BCUT2D eigenvalue weighted by Gasteiger charge is 2.09. The van der Waals surface area contributed by atoms with E-state index in [9.17, 15) is 8.42 Å². The predicted octanol–water partition coefficient (Wildman–Crippen LogP) is 1.28. The highest BCUT2D eigenvalue weighted by atomic mass is 35.5. The van der Waals surface area contributed by atoms with E-state index in [-0.39, 0.29) is 11.5 Å². The summed E-state index contributed by atoms with van der Waals surface area (Å²) in [5.41, 5.74) is 0.795.